The Morgan fingerprint density at radius 1 is 1.29 bits per heavy atom. The molecule has 1 N–H and O–H groups in total. The minimum Gasteiger partial charge on any atom is -0.423 e. The van der Waals surface area contributed by atoms with Crippen LogP contribution in [0.4, 0.5) is 0 Å². The molecule has 3 rings (SSSR count). The van der Waals surface area contributed by atoms with Gasteiger partial charge in [-0.15, -0.1) is 0 Å². The van der Waals surface area contributed by atoms with Gasteiger partial charge in [-0.25, -0.2) is 4.79 Å². The molecule has 0 fully saturated rings. The molecule has 84 valence electrons. The Morgan fingerprint density at radius 3 is 3.18 bits per heavy atom. The van der Waals surface area contributed by atoms with Crippen LogP contribution in [0, 0.1) is 11.8 Å². The van der Waals surface area contributed by atoms with Gasteiger partial charge in [-0.05, 0) is 23.8 Å². The fourth-order valence-corrected chi connectivity index (χ4v) is 1.96. The van der Waals surface area contributed by atoms with Gasteiger partial charge < -0.3 is 9.73 Å². The number of fused-ring (bicyclic) bond motifs is 2. The summed E-state index contributed by atoms with van der Waals surface area (Å²) < 4.78 is 5.16. The first kappa shape index (κ1) is 10.1. The molecule has 0 unspecified atom stereocenters. The molecule has 1 aliphatic heterocycles. The highest BCUT2D eigenvalue weighted by Crippen LogP contribution is 2.19. The predicted molar refractivity (Wildman–Crippen MR) is 65.7 cm³/mol. The fourth-order valence-electron chi connectivity index (χ4n) is 1.96. The summed E-state index contributed by atoms with van der Waals surface area (Å²) in [4.78, 5) is 11.2. The van der Waals surface area contributed by atoms with E-state index >= 15 is 0 Å². The van der Waals surface area contributed by atoms with Gasteiger partial charge in [0.25, 0.3) is 0 Å². The van der Waals surface area contributed by atoms with Crippen LogP contribution in [0.15, 0.2) is 33.5 Å². The summed E-state index contributed by atoms with van der Waals surface area (Å²) in [5.41, 5.74) is 2.37. The maximum atomic E-state index is 11.2. The third kappa shape index (κ3) is 1.95. The Bertz CT molecular complexity index is 689. The van der Waals surface area contributed by atoms with Crippen molar-refractivity contribution in [3.8, 4) is 11.8 Å². The quantitative estimate of drug-likeness (QED) is 0.547. The highest BCUT2D eigenvalue weighted by Gasteiger charge is 2.06. The van der Waals surface area contributed by atoms with Crippen LogP contribution in [0.2, 0.25) is 0 Å². The van der Waals surface area contributed by atoms with Gasteiger partial charge in [0.15, 0.2) is 0 Å². The van der Waals surface area contributed by atoms with Crippen LogP contribution >= 0.6 is 0 Å². The number of hydrogen-bond acceptors (Lipinski definition) is 3. The lowest BCUT2D eigenvalue weighted by Gasteiger charge is -2.09. The van der Waals surface area contributed by atoms with Crippen LogP contribution in [-0.2, 0) is 6.54 Å². The molecule has 17 heavy (non-hydrogen) atoms. The van der Waals surface area contributed by atoms with Gasteiger partial charge >= 0.3 is 5.63 Å². The lowest BCUT2D eigenvalue weighted by Crippen LogP contribution is -2.16. The monoisotopic (exact) mass is 225 g/mol. The lowest BCUT2D eigenvalue weighted by atomic mass is 10.0. The van der Waals surface area contributed by atoms with Crippen molar-refractivity contribution in [2.24, 2.45) is 0 Å². The van der Waals surface area contributed by atoms with Crippen molar-refractivity contribution < 1.29 is 4.42 Å². The van der Waals surface area contributed by atoms with E-state index in [1.165, 1.54) is 6.07 Å². The van der Waals surface area contributed by atoms with Gasteiger partial charge in [-0.3, -0.25) is 0 Å². The Morgan fingerprint density at radius 2 is 2.24 bits per heavy atom. The summed E-state index contributed by atoms with van der Waals surface area (Å²) in [7, 11) is 0. The first-order valence-electron chi connectivity index (χ1n) is 5.59. The molecule has 0 saturated carbocycles. The van der Waals surface area contributed by atoms with Crippen molar-refractivity contribution in [1.82, 2.24) is 5.32 Å². The molecule has 0 bridgehead atoms. The second kappa shape index (κ2) is 4.08. The minimum absolute atomic E-state index is 0.325. The molecule has 0 atom stereocenters. The predicted octanol–water partition coefficient (Wildman–Crippen LogP) is 1.64. The number of benzene rings is 1. The standard InChI is InChI=1S/C14H11NO2/c16-14-5-4-11-7-12-9-15-6-2-1-3-10(12)8-13(11)17-14/h4-5,7-8,15H,2,6,9H2. The maximum absolute atomic E-state index is 11.2. The van der Waals surface area contributed by atoms with Crippen LogP contribution in [0.25, 0.3) is 11.0 Å². The average Bonchev–Trinajstić information content (AvgIpc) is 2.29. The van der Waals surface area contributed by atoms with E-state index in [0.717, 1.165) is 36.0 Å². The third-order valence-corrected chi connectivity index (χ3v) is 2.81. The van der Waals surface area contributed by atoms with E-state index in [9.17, 15) is 4.79 Å². The maximum Gasteiger partial charge on any atom is 0.336 e. The van der Waals surface area contributed by atoms with E-state index in [1.54, 1.807) is 6.07 Å². The zero-order valence-corrected chi connectivity index (χ0v) is 9.25. The van der Waals surface area contributed by atoms with E-state index in [0.29, 0.717) is 5.58 Å². The first-order valence-corrected chi connectivity index (χ1v) is 5.59. The van der Waals surface area contributed by atoms with Crippen molar-refractivity contribution in [3.63, 3.8) is 0 Å². The van der Waals surface area contributed by atoms with Crippen LogP contribution in [0.3, 0.4) is 0 Å². The third-order valence-electron chi connectivity index (χ3n) is 2.81. The van der Waals surface area contributed by atoms with E-state index in [-0.39, 0.29) is 5.63 Å². The van der Waals surface area contributed by atoms with Crippen LogP contribution < -0.4 is 10.9 Å². The molecule has 1 aromatic heterocycles. The summed E-state index contributed by atoms with van der Waals surface area (Å²) in [6.07, 6.45) is 0.843. The summed E-state index contributed by atoms with van der Waals surface area (Å²) in [5, 5.41) is 4.26. The molecule has 0 amide bonds. The van der Waals surface area contributed by atoms with E-state index in [2.05, 4.69) is 17.2 Å². The van der Waals surface area contributed by atoms with Gasteiger partial charge in [-0.1, -0.05) is 11.8 Å². The zero-order chi connectivity index (χ0) is 11.7. The van der Waals surface area contributed by atoms with Crippen LogP contribution in [-0.4, -0.2) is 6.54 Å². The molecule has 3 nitrogen and oxygen atoms in total. The number of nitrogens with one attached hydrogen (secondary N) is 1. The van der Waals surface area contributed by atoms with Crippen molar-refractivity contribution in [1.29, 1.82) is 0 Å². The molecule has 0 spiro atoms. The smallest absolute Gasteiger partial charge is 0.336 e. The van der Waals surface area contributed by atoms with Crippen LogP contribution in [0.5, 0.6) is 0 Å². The van der Waals surface area contributed by atoms with Crippen molar-refractivity contribution in [2.45, 2.75) is 13.0 Å². The molecule has 2 aromatic rings. The van der Waals surface area contributed by atoms with Gasteiger partial charge in [0.1, 0.15) is 5.58 Å². The molecular weight excluding hydrogens is 214 g/mol. The topological polar surface area (TPSA) is 42.2 Å². The summed E-state index contributed by atoms with van der Waals surface area (Å²) in [6, 6.07) is 7.11. The Kier molecular flexibility index (Phi) is 2.43. The van der Waals surface area contributed by atoms with Gasteiger partial charge in [0.2, 0.25) is 0 Å². The molecule has 1 aromatic carbocycles. The van der Waals surface area contributed by atoms with Gasteiger partial charge in [0, 0.05) is 36.5 Å². The Balaban J connectivity index is 2.27. The number of hydrogen-bond donors (Lipinski definition) is 1. The second-order valence-corrected chi connectivity index (χ2v) is 4.03. The van der Waals surface area contributed by atoms with E-state index in [1.807, 2.05) is 12.1 Å². The molecule has 2 heterocycles. The summed E-state index contributed by atoms with van der Waals surface area (Å²) >= 11 is 0. The zero-order valence-electron chi connectivity index (χ0n) is 9.25. The van der Waals surface area contributed by atoms with E-state index < -0.39 is 0 Å². The lowest BCUT2D eigenvalue weighted by molar-refractivity contribution is 0.560. The fraction of sp³-hybridized carbons (Fsp3) is 0.214. The van der Waals surface area contributed by atoms with Crippen molar-refractivity contribution in [2.75, 3.05) is 6.54 Å². The Hall–Kier alpha value is -2.05. The first-order chi connectivity index (χ1) is 8.33. The number of rotatable bonds is 0. The molecule has 0 saturated heterocycles. The minimum atomic E-state index is -0.325. The average molecular weight is 225 g/mol. The summed E-state index contributed by atoms with van der Waals surface area (Å²) in [5.74, 6) is 6.22. The highest BCUT2D eigenvalue weighted by molar-refractivity contribution is 5.79. The normalized spacial score (nSPS) is 14.4. The molecule has 0 aliphatic carbocycles. The highest BCUT2D eigenvalue weighted by atomic mass is 16.4. The SMILES string of the molecule is O=c1ccc2cc3c(cc2o1)C#CCCNC3. The molecule has 3 heteroatoms. The van der Waals surface area contributed by atoms with E-state index in [4.69, 9.17) is 4.42 Å². The molecule has 0 radical (unpaired) electrons. The Labute approximate surface area is 98.4 Å². The van der Waals surface area contributed by atoms with Gasteiger partial charge in [0.05, 0.1) is 0 Å². The molecule has 1 aliphatic rings. The van der Waals surface area contributed by atoms with Crippen molar-refractivity contribution in [3.05, 3.63) is 45.8 Å². The summed E-state index contributed by atoms with van der Waals surface area (Å²) in [6.45, 7) is 1.72. The van der Waals surface area contributed by atoms with Crippen LogP contribution in [0.1, 0.15) is 17.5 Å². The van der Waals surface area contributed by atoms with Gasteiger partial charge in [-0.2, -0.15) is 0 Å². The van der Waals surface area contributed by atoms with Crippen molar-refractivity contribution >= 4 is 11.0 Å². The molecular formula is C14H11NO2. The second-order valence-electron chi connectivity index (χ2n) is 4.03. The largest absolute Gasteiger partial charge is 0.423 e.